The second-order valence-electron chi connectivity index (χ2n) is 1.82. The van der Waals surface area contributed by atoms with Crippen LogP contribution in [0.15, 0.2) is 0 Å². The van der Waals surface area contributed by atoms with Crippen LogP contribution < -0.4 is 0 Å². The van der Waals surface area contributed by atoms with E-state index in [2.05, 4.69) is 5.32 Å². The number of aliphatic hydroxyl groups is 1. The van der Waals surface area contributed by atoms with Crippen molar-refractivity contribution in [2.45, 2.75) is 6.04 Å². The van der Waals surface area contributed by atoms with Gasteiger partial charge in [-0.25, -0.2) is 0 Å². The van der Waals surface area contributed by atoms with Crippen molar-refractivity contribution in [2.75, 3.05) is 26.4 Å². The van der Waals surface area contributed by atoms with Crippen LogP contribution in [-0.2, 0) is 37.4 Å². The zero-order valence-electron chi connectivity index (χ0n) is 5.29. The Bertz CT molecular complexity index is 66.0. The van der Waals surface area contributed by atoms with Gasteiger partial charge in [-0.3, -0.25) is 0 Å². The van der Waals surface area contributed by atoms with Gasteiger partial charge in [0.2, 0.25) is 0 Å². The molecule has 48 valence electrons. The van der Waals surface area contributed by atoms with E-state index >= 15 is 0 Å². The van der Waals surface area contributed by atoms with Crippen LogP contribution in [0.1, 0.15) is 0 Å². The van der Waals surface area contributed by atoms with E-state index in [1.807, 2.05) is 0 Å². The Morgan fingerprint density at radius 2 is 2.44 bits per heavy atom. The van der Waals surface area contributed by atoms with E-state index in [0.29, 0.717) is 6.61 Å². The molecule has 0 aliphatic carbocycles. The Hall–Kier alpha value is 0.984. The first-order chi connectivity index (χ1) is 3.93. The molecule has 0 saturated carbocycles. The van der Waals surface area contributed by atoms with E-state index in [9.17, 15) is 0 Å². The fourth-order valence-electron chi connectivity index (χ4n) is 0.682. The molecule has 0 aromatic rings. The summed E-state index contributed by atoms with van der Waals surface area (Å²) in [5.41, 5.74) is 0. The molecule has 1 unspecified atom stereocenters. The molecule has 1 atom stereocenters. The summed E-state index contributed by atoms with van der Waals surface area (Å²) in [7, 11) is 0. The van der Waals surface area contributed by atoms with Gasteiger partial charge in [0.1, 0.15) is 0 Å². The summed E-state index contributed by atoms with van der Waals surface area (Å²) in [5, 5.41) is 12.6. The van der Waals surface area contributed by atoms with Crippen molar-refractivity contribution >= 4 is 0 Å². The summed E-state index contributed by atoms with van der Waals surface area (Å²) in [6.07, 6.45) is 0. The predicted molar refractivity (Wildman–Crippen MR) is 29.9 cm³/mol. The third-order valence-electron chi connectivity index (χ3n) is 1.14. The van der Waals surface area contributed by atoms with Gasteiger partial charge >= 0.3 is 32.7 Å². The first-order valence-electron chi connectivity index (χ1n) is 2.78. The molecule has 4 heteroatoms. The predicted octanol–water partition coefficient (Wildman–Crippen LogP) is -0.251. The molecule has 9 heavy (non-hydrogen) atoms. The van der Waals surface area contributed by atoms with Crippen LogP contribution in [0.2, 0.25) is 0 Å². The fourth-order valence-corrected chi connectivity index (χ4v) is 0.682. The summed E-state index contributed by atoms with van der Waals surface area (Å²) < 4.78 is 5.02. The van der Waals surface area contributed by atoms with Gasteiger partial charge in [-0.05, 0) is 0 Å². The molecule has 1 fully saturated rings. The number of morpholine rings is 1. The Morgan fingerprint density at radius 1 is 1.67 bits per heavy atom. The van der Waals surface area contributed by atoms with E-state index in [1.165, 1.54) is 0 Å². The zero-order valence-corrected chi connectivity index (χ0v) is 8.12. The van der Waals surface area contributed by atoms with Crippen LogP contribution in [0.25, 0.3) is 5.32 Å². The van der Waals surface area contributed by atoms with Gasteiger partial charge in [-0.15, -0.1) is 6.54 Å². The molecule has 0 amide bonds. The molecule has 0 aromatic heterocycles. The van der Waals surface area contributed by atoms with Crippen LogP contribution in [-0.4, -0.2) is 37.5 Å². The number of hydrogen-bond donors (Lipinski definition) is 1. The van der Waals surface area contributed by atoms with Crippen molar-refractivity contribution in [2.24, 2.45) is 0 Å². The average Bonchev–Trinajstić information content (AvgIpc) is 1.90. The molecular weight excluding hydrogens is 195 g/mol. The number of ether oxygens (including phenoxy) is 1. The Labute approximate surface area is 80.0 Å². The van der Waals surface area contributed by atoms with Gasteiger partial charge in [0, 0.05) is 19.8 Å². The maximum Gasteiger partial charge on any atom is 3.00 e. The van der Waals surface area contributed by atoms with Crippen LogP contribution in [0, 0.1) is 0 Å². The Kier molecular flexibility index (Phi) is 6.37. The van der Waals surface area contributed by atoms with Crippen molar-refractivity contribution in [3.05, 3.63) is 5.32 Å². The molecule has 0 aromatic carbocycles. The minimum atomic E-state index is 0. The molecule has 3 nitrogen and oxygen atoms in total. The molecule has 0 spiro atoms. The van der Waals surface area contributed by atoms with Crippen molar-refractivity contribution in [3.63, 3.8) is 0 Å². The summed E-state index contributed by atoms with van der Waals surface area (Å²) in [6, 6.07) is 0.0451. The summed E-state index contributed by atoms with van der Waals surface area (Å²) in [6.45, 7) is 2.18. The number of nitrogens with zero attached hydrogens (tertiary/aromatic N) is 1. The second kappa shape index (κ2) is 5.75. The molecule has 1 heterocycles. The SMILES string of the molecule is OCC1COCC[N-]1.[Y+3]. The number of aliphatic hydroxyl groups excluding tert-OH is 1. The molecular formula is C5H10NO2Y+2. The smallest absolute Gasteiger partial charge is 0.654 e. The first-order valence-corrected chi connectivity index (χ1v) is 2.78. The maximum atomic E-state index is 8.52. The molecule has 1 aliphatic heterocycles. The molecule has 1 saturated heterocycles. The minimum Gasteiger partial charge on any atom is -0.654 e. The van der Waals surface area contributed by atoms with Crippen LogP contribution in [0.5, 0.6) is 0 Å². The van der Waals surface area contributed by atoms with Crippen LogP contribution in [0.4, 0.5) is 0 Å². The van der Waals surface area contributed by atoms with Gasteiger partial charge < -0.3 is 15.2 Å². The zero-order chi connectivity index (χ0) is 5.82. The van der Waals surface area contributed by atoms with E-state index in [1.54, 1.807) is 0 Å². The van der Waals surface area contributed by atoms with Gasteiger partial charge in [0.05, 0.1) is 0 Å². The molecule has 0 bridgehead atoms. The molecule has 1 N–H and O–H groups in total. The Balaban J connectivity index is 0.000000640. The first kappa shape index (κ1) is 9.98. The summed E-state index contributed by atoms with van der Waals surface area (Å²) in [5.74, 6) is 0. The summed E-state index contributed by atoms with van der Waals surface area (Å²) >= 11 is 0. The van der Waals surface area contributed by atoms with E-state index in [-0.39, 0.29) is 45.4 Å². The van der Waals surface area contributed by atoms with Crippen LogP contribution >= 0.6 is 0 Å². The largest absolute Gasteiger partial charge is 3.00 e. The van der Waals surface area contributed by atoms with E-state index in [0.717, 1.165) is 13.2 Å². The monoisotopic (exact) mass is 205 g/mol. The quantitative estimate of drug-likeness (QED) is 0.641. The third kappa shape index (κ3) is 3.63. The molecule has 1 rings (SSSR count). The van der Waals surface area contributed by atoms with Crippen molar-refractivity contribution in [3.8, 4) is 0 Å². The van der Waals surface area contributed by atoms with Crippen LogP contribution in [0.3, 0.4) is 0 Å². The van der Waals surface area contributed by atoms with Gasteiger partial charge in [0.25, 0.3) is 0 Å². The van der Waals surface area contributed by atoms with Crippen molar-refractivity contribution in [1.82, 2.24) is 0 Å². The number of hydrogen-bond acceptors (Lipinski definition) is 2. The standard InChI is InChI=1S/C5H10NO2.Y/c7-3-5-4-8-2-1-6-5;/h5,7H,1-4H2;/q-1;+3. The average molecular weight is 205 g/mol. The van der Waals surface area contributed by atoms with E-state index < -0.39 is 0 Å². The topological polar surface area (TPSA) is 43.6 Å². The molecule has 0 radical (unpaired) electrons. The second-order valence-corrected chi connectivity index (χ2v) is 1.82. The van der Waals surface area contributed by atoms with Gasteiger partial charge in [-0.1, -0.05) is 6.04 Å². The van der Waals surface area contributed by atoms with Gasteiger partial charge in [-0.2, -0.15) is 0 Å². The Morgan fingerprint density at radius 3 is 2.78 bits per heavy atom. The third-order valence-corrected chi connectivity index (χ3v) is 1.14. The van der Waals surface area contributed by atoms with Crippen molar-refractivity contribution in [1.29, 1.82) is 0 Å². The summed E-state index contributed by atoms with van der Waals surface area (Å²) in [4.78, 5) is 0. The van der Waals surface area contributed by atoms with E-state index in [4.69, 9.17) is 9.84 Å². The normalized spacial score (nSPS) is 27.0. The minimum absolute atomic E-state index is 0. The van der Waals surface area contributed by atoms with Gasteiger partial charge in [0.15, 0.2) is 0 Å². The fraction of sp³-hybridized carbons (Fsp3) is 1.00. The van der Waals surface area contributed by atoms with Crippen molar-refractivity contribution < 1.29 is 42.6 Å². The maximum absolute atomic E-state index is 8.52. The number of rotatable bonds is 1. The molecule has 1 aliphatic rings.